The molecule has 1 aliphatic heterocycles. The van der Waals surface area contributed by atoms with Crippen LogP contribution in [0, 0.1) is 27.7 Å². The highest BCUT2D eigenvalue weighted by Gasteiger charge is 2.39. The molecule has 0 unspecified atom stereocenters. The number of nitrogens with zero attached hydrogens (tertiary/aromatic N) is 1. The van der Waals surface area contributed by atoms with Gasteiger partial charge in [0.25, 0.3) is 17.7 Å². The van der Waals surface area contributed by atoms with Gasteiger partial charge in [0.1, 0.15) is 10.7 Å². The van der Waals surface area contributed by atoms with Gasteiger partial charge in [-0.25, -0.2) is 4.90 Å². The second kappa shape index (κ2) is 9.15. The third kappa shape index (κ3) is 4.32. The average Bonchev–Trinajstić information content (AvgIpc) is 3.02. The van der Waals surface area contributed by atoms with Gasteiger partial charge in [0, 0.05) is 16.9 Å². The van der Waals surface area contributed by atoms with Crippen LogP contribution in [0.1, 0.15) is 32.6 Å². The van der Waals surface area contributed by atoms with Crippen molar-refractivity contribution in [1.82, 2.24) is 0 Å². The van der Waals surface area contributed by atoms with Gasteiger partial charge in [-0.3, -0.25) is 14.4 Å². The van der Waals surface area contributed by atoms with Crippen LogP contribution in [0.4, 0.5) is 17.1 Å². The first-order chi connectivity index (χ1) is 16.2. The van der Waals surface area contributed by atoms with E-state index in [0.717, 1.165) is 32.8 Å². The van der Waals surface area contributed by atoms with Crippen LogP contribution in [-0.2, 0) is 9.59 Å². The summed E-state index contributed by atoms with van der Waals surface area (Å²) in [4.78, 5) is 39.6. The molecule has 0 bridgehead atoms. The minimum atomic E-state index is -0.576. The van der Waals surface area contributed by atoms with Crippen LogP contribution in [-0.4, -0.2) is 17.7 Å². The number of anilines is 3. The van der Waals surface area contributed by atoms with E-state index < -0.39 is 11.8 Å². The highest BCUT2D eigenvalue weighted by Crippen LogP contribution is 2.33. The Morgan fingerprint density at radius 2 is 1.56 bits per heavy atom. The topological polar surface area (TPSA) is 78.5 Å². The molecule has 1 aliphatic rings. The minimum absolute atomic E-state index is 0.000148. The van der Waals surface area contributed by atoms with Gasteiger partial charge in [-0.1, -0.05) is 35.9 Å². The van der Waals surface area contributed by atoms with E-state index in [1.165, 1.54) is 0 Å². The molecule has 0 fully saturated rings. The van der Waals surface area contributed by atoms with Crippen LogP contribution >= 0.6 is 11.6 Å². The van der Waals surface area contributed by atoms with Crippen molar-refractivity contribution in [3.8, 4) is 0 Å². The van der Waals surface area contributed by atoms with Crippen molar-refractivity contribution >= 4 is 46.4 Å². The Labute approximate surface area is 203 Å². The van der Waals surface area contributed by atoms with E-state index in [1.54, 1.807) is 36.4 Å². The SMILES string of the molecule is Cc1ccc(C)c(NC(=O)c2ccc(NC3=C(Cl)C(=O)N(c4cccc(C)c4C)C3=O)cc2)c1. The molecule has 3 aromatic rings. The number of benzene rings is 3. The van der Waals surface area contributed by atoms with Crippen LogP contribution in [0.25, 0.3) is 0 Å². The molecule has 0 aliphatic carbocycles. The summed E-state index contributed by atoms with van der Waals surface area (Å²) in [7, 11) is 0. The summed E-state index contributed by atoms with van der Waals surface area (Å²) in [5.74, 6) is -1.35. The Bertz CT molecular complexity index is 1360. The molecule has 1 heterocycles. The Balaban J connectivity index is 1.51. The van der Waals surface area contributed by atoms with Crippen LogP contribution in [0.2, 0.25) is 0 Å². The molecule has 7 heteroatoms. The van der Waals surface area contributed by atoms with Gasteiger partial charge >= 0.3 is 0 Å². The minimum Gasteiger partial charge on any atom is -0.350 e. The lowest BCUT2D eigenvalue weighted by molar-refractivity contribution is -0.120. The number of aryl methyl sites for hydroxylation is 3. The first-order valence-electron chi connectivity index (χ1n) is 10.8. The molecule has 3 amide bonds. The number of imide groups is 1. The average molecular weight is 474 g/mol. The van der Waals surface area contributed by atoms with E-state index in [0.29, 0.717) is 16.9 Å². The molecule has 0 radical (unpaired) electrons. The third-order valence-corrected chi connectivity index (χ3v) is 6.25. The van der Waals surface area contributed by atoms with Crippen molar-refractivity contribution in [3.63, 3.8) is 0 Å². The molecule has 0 saturated carbocycles. The van der Waals surface area contributed by atoms with Crippen molar-refractivity contribution in [1.29, 1.82) is 0 Å². The molecule has 4 rings (SSSR count). The van der Waals surface area contributed by atoms with Crippen molar-refractivity contribution in [2.75, 3.05) is 15.5 Å². The lowest BCUT2D eigenvalue weighted by Crippen LogP contribution is -2.33. The second-order valence-electron chi connectivity index (χ2n) is 8.33. The molecule has 6 nitrogen and oxygen atoms in total. The normalized spacial score (nSPS) is 13.5. The largest absolute Gasteiger partial charge is 0.350 e. The van der Waals surface area contributed by atoms with Gasteiger partial charge in [-0.2, -0.15) is 0 Å². The molecule has 3 aromatic carbocycles. The van der Waals surface area contributed by atoms with Crippen molar-refractivity contribution in [3.05, 3.63) is 99.2 Å². The number of carbonyl (C=O) groups excluding carboxylic acids is 3. The zero-order chi connectivity index (χ0) is 24.6. The number of nitrogens with one attached hydrogen (secondary N) is 2. The molecular weight excluding hydrogens is 450 g/mol. The van der Waals surface area contributed by atoms with E-state index in [2.05, 4.69) is 10.6 Å². The molecule has 0 spiro atoms. The van der Waals surface area contributed by atoms with Gasteiger partial charge in [0.05, 0.1) is 5.69 Å². The summed E-state index contributed by atoms with van der Waals surface area (Å²) in [5.41, 5.74) is 6.06. The summed E-state index contributed by atoms with van der Waals surface area (Å²) in [6.45, 7) is 7.66. The number of carbonyl (C=O) groups is 3. The summed E-state index contributed by atoms with van der Waals surface area (Å²) < 4.78 is 0. The third-order valence-electron chi connectivity index (χ3n) is 5.90. The quantitative estimate of drug-likeness (QED) is 0.472. The van der Waals surface area contributed by atoms with Crippen LogP contribution < -0.4 is 15.5 Å². The lowest BCUT2D eigenvalue weighted by atomic mass is 10.1. The maximum Gasteiger partial charge on any atom is 0.283 e. The number of rotatable bonds is 5. The predicted molar refractivity (Wildman–Crippen MR) is 135 cm³/mol. The molecule has 2 N–H and O–H groups in total. The highest BCUT2D eigenvalue weighted by atomic mass is 35.5. The second-order valence-corrected chi connectivity index (χ2v) is 8.71. The van der Waals surface area contributed by atoms with E-state index >= 15 is 0 Å². The standard InChI is InChI=1S/C27H24ClN3O3/c1-15-8-9-17(3)21(14-15)30-25(32)19-10-12-20(13-11-19)29-24-23(28)26(33)31(27(24)34)22-7-5-6-16(2)18(22)4/h5-14,29H,1-4H3,(H,30,32). The smallest absolute Gasteiger partial charge is 0.283 e. The zero-order valence-electron chi connectivity index (χ0n) is 19.3. The monoisotopic (exact) mass is 473 g/mol. The van der Waals surface area contributed by atoms with Gasteiger partial charge in [0.15, 0.2) is 0 Å². The van der Waals surface area contributed by atoms with Crippen LogP contribution in [0.3, 0.4) is 0 Å². The van der Waals surface area contributed by atoms with Crippen LogP contribution in [0.15, 0.2) is 71.4 Å². The molecular formula is C27H24ClN3O3. The van der Waals surface area contributed by atoms with E-state index in [-0.39, 0.29) is 16.6 Å². The molecule has 0 aromatic heterocycles. The summed E-state index contributed by atoms with van der Waals surface area (Å²) in [6.07, 6.45) is 0. The van der Waals surface area contributed by atoms with Gasteiger partial charge in [-0.15, -0.1) is 0 Å². The number of hydrogen-bond donors (Lipinski definition) is 2. The van der Waals surface area contributed by atoms with E-state index in [9.17, 15) is 14.4 Å². The molecule has 172 valence electrons. The van der Waals surface area contributed by atoms with Gasteiger partial charge < -0.3 is 10.6 Å². The first-order valence-corrected chi connectivity index (χ1v) is 11.2. The molecule has 34 heavy (non-hydrogen) atoms. The van der Waals surface area contributed by atoms with Gasteiger partial charge in [-0.05, 0) is 86.3 Å². The van der Waals surface area contributed by atoms with E-state index in [1.807, 2.05) is 52.0 Å². The fourth-order valence-corrected chi connectivity index (χ4v) is 3.93. The van der Waals surface area contributed by atoms with Crippen molar-refractivity contribution < 1.29 is 14.4 Å². The molecule has 0 atom stereocenters. The predicted octanol–water partition coefficient (Wildman–Crippen LogP) is 5.61. The highest BCUT2D eigenvalue weighted by molar-refractivity contribution is 6.53. The first kappa shape index (κ1) is 23.3. The Kier molecular flexibility index (Phi) is 6.26. The van der Waals surface area contributed by atoms with Crippen LogP contribution in [0.5, 0.6) is 0 Å². The number of amides is 3. The Hall–Kier alpha value is -3.90. The van der Waals surface area contributed by atoms with E-state index in [4.69, 9.17) is 11.6 Å². The Morgan fingerprint density at radius 3 is 2.26 bits per heavy atom. The van der Waals surface area contributed by atoms with Crippen molar-refractivity contribution in [2.45, 2.75) is 27.7 Å². The fourth-order valence-electron chi connectivity index (χ4n) is 3.72. The maximum absolute atomic E-state index is 13.1. The zero-order valence-corrected chi connectivity index (χ0v) is 20.1. The maximum atomic E-state index is 13.1. The molecule has 0 saturated heterocycles. The summed E-state index contributed by atoms with van der Waals surface area (Å²) >= 11 is 6.25. The summed E-state index contributed by atoms with van der Waals surface area (Å²) in [5, 5.41) is 5.68. The lowest BCUT2D eigenvalue weighted by Gasteiger charge is -2.18. The summed E-state index contributed by atoms with van der Waals surface area (Å²) in [6, 6.07) is 17.9. The van der Waals surface area contributed by atoms with Crippen molar-refractivity contribution in [2.24, 2.45) is 0 Å². The Morgan fingerprint density at radius 1 is 0.853 bits per heavy atom. The van der Waals surface area contributed by atoms with Gasteiger partial charge in [0.2, 0.25) is 0 Å². The number of hydrogen-bond acceptors (Lipinski definition) is 4. The number of halogens is 1. The fraction of sp³-hybridized carbons (Fsp3) is 0.148.